The Hall–Kier alpha value is -2.08. The topological polar surface area (TPSA) is 60.5 Å². The first-order chi connectivity index (χ1) is 10.2. The third-order valence-electron chi connectivity index (χ3n) is 2.95. The molecule has 0 spiro atoms. The monoisotopic (exact) mass is 306 g/mol. The summed E-state index contributed by atoms with van der Waals surface area (Å²) in [4.78, 5) is 11.9. The highest BCUT2D eigenvalue weighted by molar-refractivity contribution is 7.10. The Kier molecular flexibility index (Phi) is 5.16. The van der Waals surface area contributed by atoms with Crippen molar-refractivity contribution >= 4 is 22.5 Å². The van der Waals surface area contributed by atoms with Crippen molar-refractivity contribution in [1.82, 2.24) is 4.37 Å². The minimum atomic E-state index is -0.332. The van der Waals surface area contributed by atoms with E-state index in [1.165, 1.54) is 11.5 Å². The van der Waals surface area contributed by atoms with Gasteiger partial charge in [-0.2, -0.15) is 4.37 Å². The van der Waals surface area contributed by atoms with E-state index >= 15 is 0 Å². The van der Waals surface area contributed by atoms with Crippen LogP contribution in [0.25, 0.3) is 0 Å². The summed E-state index contributed by atoms with van der Waals surface area (Å²) in [7, 11) is 1.64. The van der Waals surface area contributed by atoms with Gasteiger partial charge in [-0.1, -0.05) is 12.1 Å². The first kappa shape index (κ1) is 15.3. The third-order valence-corrected chi connectivity index (χ3v) is 3.85. The summed E-state index contributed by atoms with van der Waals surface area (Å²) in [5.74, 6) is 0.487. The Morgan fingerprint density at radius 2 is 2.05 bits per heavy atom. The molecular weight excluding hydrogens is 288 g/mol. The van der Waals surface area contributed by atoms with Gasteiger partial charge in [0.05, 0.1) is 19.4 Å². The van der Waals surface area contributed by atoms with E-state index in [1.807, 2.05) is 24.3 Å². The van der Waals surface area contributed by atoms with Crippen molar-refractivity contribution < 1.29 is 14.3 Å². The molecule has 0 unspecified atom stereocenters. The number of nitrogens with one attached hydrogen (secondary N) is 1. The van der Waals surface area contributed by atoms with Gasteiger partial charge in [0.1, 0.15) is 16.3 Å². The van der Waals surface area contributed by atoms with Crippen molar-refractivity contribution in [3.05, 3.63) is 41.1 Å². The van der Waals surface area contributed by atoms with Gasteiger partial charge >= 0.3 is 5.97 Å². The van der Waals surface area contributed by atoms with Crippen LogP contribution in [0.4, 0.5) is 5.00 Å². The van der Waals surface area contributed by atoms with Gasteiger partial charge in [-0.25, -0.2) is 4.79 Å². The number of rotatable bonds is 6. The maximum absolute atomic E-state index is 11.9. The molecule has 0 aliphatic heterocycles. The van der Waals surface area contributed by atoms with Crippen molar-refractivity contribution in [2.75, 3.05) is 19.0 Å². The second kappa shape index (κ2) is 7.08. The minimum Gasteiger partial charge on any atom is -0.497 e. The fraction of sp³-hybridized carbons (Fsp3) is 0.333. The highest BCUT2D eigenvalue weighted by Gasteiger charge is 2.19. The fourth-order valence-electron chi connectivity index (χ4n) is 1.86. The SMILES string of the molecule is CCOC(=O)c1c(C)nsc1NCc1ccc(OC)cc1. The minimum absolute atomic E-state index is 0.332. The number of carbonyl (C=O) groups excluding carboxylic acids is 1. The van der Waals surface area contributed by atoms with Crippen LogP contribution >= 0.6 is 11.5 Å². The summed E-state index contributed by atoms with van der Waals surface area (Å²) in [6.07, 6.45) is 0. The molecule has 1 aromatic carbocycles. The van der Waals surface area contributed by atoms with Gasteiger partial charge in [0.25, 0.3) is 0 Å². The van der Waals surface area contributed by atoms with E-state index in [4.69, 9.17) is 9.47 Å². The first-order valence-electron chi connectivity index (χ1n) is 6.66. The maximum atomic E-state index is 11.9. The molecule has 21 heavy (non-hydrogen) atoms. The van der Waals surface area contributed by atoms with Crippen molar-refractivity contribution in [1.29, 1.82) is 0 Å². The molecule has 6 heteroatoms. The number of hydrogen-bond acceptors (Lipinski definition) is 6. The van der Waals surface area contributed by atoms with E-state index in [0.717, 1.165) is 16.3 Å². The van der Waals surface area contributed by atoms with Crippen molar-refractivity contribution in [3.8, 4) is 5.75 Å². The number of ether oxygens (including phenoxy) is 2. The van der Waals surface area contributed by atoms with Gasteiger partial charge in [-0.15, -0.1) is 0 Å². The van der Waals surface area contributed by atoms with Crippen molar-refractivity contribution in [2.45, 2.75) is 20.4 Å². The molecule has 0 saturated carbocycles. The number of anilines is 1. The predicted octanol–water partition coefficient (Wildman–Crippen LogP) is 3.25. The Morgan fingerprint density at radius 3 is 2.67 bits per heavy atom. The van der Waals surface area contributed by atoms with E-state index in [1.54, 1.807) is 21.0 Å². The lowest BCUT2D eigenvalue weighted by atomic mass is 10.2. The van der Waals surface area contributed by atoms with E-state index in [2.05, 4.69) is 9.69 Å². The van der Waals surface area contributed by atoms with E-state index in [-0.39, 0.29) is 5.97 Å². The van der Waals surface area contributed by atoms with Crippen molar-refractivity contribution in [2.24, 2.45) is 0 Å². The summed E-state index contributed by atoms with van der Waals surface area (Å²) in [5.41, 5.74) is 2.31. The number of esters is 1. The van der Waals surface area contributed by atoms with Crippen LogP contribution in [0.2, 0.25) is 0 Å². The van der Waals surface area contributed by atoms with E-state index in [0.29, 0.717) is 24.4 Å². The van der Waals surface area contributed by atoms with Gasteiger partial charge in [0.2, 0.25) is 0 Å². The third kappa shape index (κ3) is 3.72. The molecule has 0 fully saturated rings. The van der Waals surface area contributed by atoms with Gasteiger partial charge in [-0.05, 0) is 43.1 Å². The van der Waals surface area contributed by atoms with E-state index in [9.17, 15) is 4.79 Å². The molecule has 0 aliphatic rings. The molecule has 1 N–H and O–H groups in total. The van der Waals surface area contributed by atoms with Crippen LogP contribution in [-0.2, 0) is 11.3 Å². The zero-order chi connectivity index (χ0) is 15.2. The quantitative estimate of drug-likeness (QED) is 0.830. The number of hydrogen-bond donors (Lipinski definition) is 1. The first-order valence-corrected chi connectivity index (χ1v) is 7.43. The molecule has 2 rings (SSSR count). The normalized spacial score (nSPS) is 10.2. The summed E-state index contributed by atoms with van der Waals surface area (Å²) in [6.45, 7) is 4.56. The van der Waals surface area contributed by atoms with Crippen LogP contribution < -0.4 is 10.1 Å². The number of aryl methyl sites for hydroxylation is 1. The second-order valence-corrected chi connectivity index (χ2v) is 5.17. The zero-order valence-corrected chi connectivity index (χ0v) is 13.1. The molecule has 2 aromatic rings. The molecule has 5 nitrogen and oxygen atoms in total. The Balaban J connectivity index is 2.07. The van der Waals surface area contributed by atoms with Crippen LogP contribution in [0.3, 0.4) is 0 Å². The molecule has 0 aliphatic carbocycles. The van der Waals surface area contributed by atoms with Crippen molar-refractivity contribution in [3.63, 3.8) is 0 Å². The Morgan fingerprint density at radius 1 is 1.33 bits per heavy atom. The van der Waals surface area contributed by atoms with E-state index < -0.39 is 0 Å². The summed E-state index contributed by atoms with van der Waals surface area (Å²) >= 11 is 1.27. The number of nitrogens with zero attached hydrogens (tertiary/aromatic N) is 1. The molecule has 0 atom stereocenters. The number of benzene rings is 1. The largest absolute Gasteiger partial charge is 0.497 e. The summed E-state index contributed by atoms with van der Waals surface area (Å²) < 4.78 is 14.4. The van der Waals surface area contributed by atoms with Gasteiger partial charge in [0, 0.05) is 6.54 Å². The smallest absolute Gasteiger partial charge is 0.343 e. The lowest BCUT2D eigenvalue weighted by Gasteiger charge is -2.07. The predicted molar refractivity (Wildman–Crippen MR) is 83.1 cm³/mol. The van der Waals surface area contributed by atoms with Gasteiger partial charge in [-0.3, -0.25) is 0 Å². The molecule has 0 amide bonds. The Bertz CT molecular complexity index is 608. The second-order valence-electron chi connectivity index (χ2n) is 4.39. The average Bonchev–Trinajstić information content (AvgIpc) is 2.87. The maximum Gasteiger partial charge on any atom is 0.343 e. The molecule has 1 aromatic heterocycles. The summed E-state index contributed by atoms with van der Waals surface area (Å²) in [5, 5.41) is 3.98. The number of carbonyl (C=O) groups is 1. The van der Waals surface area contributed by atoms with Gasteiger partial charge < -0.3 is 14.8 Å². The molecule has 0 saturated heterocycles. The summed E-state index contributed by atoms with van der Waals surface area (Å²) in [6, 6.07) is 7.76. The van der Waals surface area contributed by atoms with Crippen LogP contribution in [0.5, 0.6) is 5.75 Å². The Labute approximate surface area is 128 Å². The van der Waals surface area contributed by atoms with Crippen LogP contribution in [-0.4, -0.2) is 24.1 Å². The molecule has 1 heterocycles. The average molecular weight is 306 g/mol. The number of aromatic nitrogens is 1. The number of methoxy groups -OCH3 is 1. The zero-order valence-electron chi connectivity index (χ0n) is 12.3. The highest BCUT2D eigenvalue weighted by atomic mass is 32.1. The molecule has 0 bridgehead atoms. The van der Waals surface area contributed by atoms with Crippen LogP contribution in [0, 0.1) is 6.92 Å². The molecule has 0 radical (unpaired) electrons. The standard InChI is InChI=1S/C15H18N2O3S/c1-4-20-15(18)13-10(2)17-21-14(13)16-9-11-5-7-12(19-3)8-6-11/h5-8,16H,4,9H2,1-3H3. The lowest BCUT2D eigenvalue weighted by Crippen LogP contribution is -2.09. The lowest BCUT2D eigenvalue weighted by molar-refractivity contribution is 0.0527. The molecular formula is C15H18N2O3S. The molecule has 112 valence electrons. The van der Waals surface area contributed by atoms with Gasteiger partial charge in [0.15, 0.2) is 0 Å². The van der Waals surface area contributed by atoms with Crippen LogP contribution in [0.15, 0.2) is 24.3 Å². The fourth-order valence-corrected chi connectivity index (χ4v) is 2.64. The highest BCUT2D eigenvalue weighted by Crippen LogP contribution is 2.26. The van der Waals surface area contributed by atoms with Crippen LogP contribution in [0.1, 0.15) is 28.5 Å².